The number of aryl methyl sites for hydroxylation is 1. The zero-order chi connectivity index (χ0) is 13.2. The zero-order valence-corrected chi connectivity index (χ0v) is 11.5. The largest absolute Gasteiger partial charge is 0.387 e. The molecule has 98 valence electrons. The van der Waals surface area contributed by atoms with E-state index in [1.54, 1.807) is 23.2 Å². The lowest BCUT2D eigenvalue weighted by atomic mass is 10.1. The minimum atomic E-state index is -0.752. The normalized spacial score (nSPS) is 14.7. The molecule has 1 unspecified atom stereocenters. The average Bonchev–Trinajstić information content (AvgIpc) is 2.69. The first-order valence-corrected chi connectivity index (χ1v) is 7.05. The highest BCUT2D eigenvalue weighted by molar-refractivity contribution is 7.98. The molecular formula is C11H17N5OS. The lowest BCUT2D eigenvalue weighted by Crippen LogP contribution is -2.36. The number of thioether (sulfide) groups is 1. The second-order valence-corrected chi connectivity index (χ2v) is 5.39. The van der Waals surface area contributed by atoms with Crippen molar-refractivity contribution in [3.05, 3.63) is 18.0 Å². The smallest absolute Gasteiger partial charge is 0.178 e. The Labute approximate surface area is 110 Å². The monoisotopic (exact) mass is 267 g/mol. The lowest BCUT2D eigenvalue weighted by molar-refractivity contribution is 0.0996. The summed E-state index contributed by atoms with van der Waals surface area (Å²) < 4.78 is 1.67. The number of hydrogen-bond acceptors (Lipinski definition) is 6. The molecule has 2 N–H and O–H groups in total. The summed E-state index contributed by atoms with van der Waals surface area (Å²) in [5.41, 5.74) is -0.0351. The van der Waals surface area contributed by atoms with Gasteiger partial charge < -0.3 is 10.4 Å². The summed E-state index contributed by atoms with van der Waals surface area (Å²) in [5, 5.41) is 25.5. The fourth-order valence-corrected chi connectivity index (χ4v) is 2.36. The van der Waals surface area contributed by atoms with Gasteiger partial charge in [-0.25, -0.2) is 0 Å². The van der Waals surface area contributed by atoms with Gasteiger partial charge in [0.15, 0.2) is 11.5 Å². The molecule has 0 saturated heterocycles. The van der Waals surface area contributed by atoms with Crippen molar-refractivity contribution in [3.8, 4) is 0 Å². The van der Waals surface area contributed by atoms with Gasteiger partial charge in [0.2, 0.25) is 0 Å². The van der Waals surface area contributed by atoms with Gasteiger partial charge in [-0.15, -0.1) is 15.3 Å². The zero-order valence-electron chi connectivity index (χ0n) is 10.7. The molecule has 2 heterocycles. The molecule has 7 heteroatoms. The second-order valence-electron chi connectivity index (χ2n) is 4.52. The summed E-state index contributed by atoms with van der Waals surface area (Å²) in [4.78, 5) is 0. The Morgan fingerprint density at radius 1 is 1.44 bits per heavy atom. The number of aliphatic hydroxyl groups is 1. The molecule has 0 fully saturated rings. The third-order valence-corrected chi connectivity index (χ3v) is 3.43. The number of rotatable bonds is 5. The molecule has 0 bridgehead atoms. The van der Waals surface area contributed by atoms with E-state index in [2.05, 4.69) is 20.6 Å². The molecule has 0 saturated carbocycles. The first-order valence-electron chi connectivity index (χ1n) is 5.66. The van der Waals surface area contributed by atoms with E-state index in [1.165, 1.54) is 0 Å². The van der Waals surface area contributed by atoms with Crippen LogP contribution in [-0.4, -0.2) is 49.1 Å². The van der Waals surface area contributed by atoms with Crippen LogP contribution < -0.4 is 5.32 Å². The Morgan fingerprint density at radius 3 is 2.94 bits per heavy atom. The molecule has 0 aliphatic rings. The number of aromatic nitrogens is 4. The molecule has 1 atom stereocenters. The van der Waals surface area contributed by atoms with Crippen molar-refractivity contribution in [2.24, 2.45) is 0 Å². The summed E-state index contributed by atoms with van der Waals surface area (Å²) >= 11 is 1.61. The van der Waals surface area contributed by atoms with Crippen LogP contribution in [0, 0.1) is 6.92 Å². The number of nitrogens with zero attached hydrogens (tertiary/aromatic N) is 4. The number of fused-ring (bicyclic) bond motifs is 1. The lowest BCUT2D eigenvalue weighted by Gasteiger charge is -2.22. The topological polar surface area (TPSA) is 75.3 Å². The summed E-state index contributed by atoms with van der Waals surface area (Å²) in [7, 11) is 0. The fourth-order valence-electron chi connectivity index (χ4n) is 1.63. The van der Waals surface area contributed by atoms with Gasteiger partial charge in [-0.2, -0.15) is 16.3 Å². The van der Waals surface area contributed by atoms with Crippen LogP contribution in [0.2, 0.25) is 0 Å². The molecule has 0 aromatic carbocycles. The predicted octanol–water partition coefficient (Wildman–Crippen LogP) is 0.959. The molecule has 6 nitrogen and oxygen atoms in total. The average molecular weight is 267 g/mol. The molecule has 0 spiro atoms. The summed E-state index contributed by atoms with van der Waals surface area (Å²) in [5.74, 6) is 2.12. The number of anilines is 1. The Morgan fingerprint density at radius 2 is 2.22 bits per heavy atom. The van der Waals surface area contributed by atoms with Crippen LogP contribution in [0.5, 0.6) is 0 Å². The highest BCUT2D eigenvalue weighted by Crippen LogP contribution is 2.12. The Balaban J connectivity index is 2.10. The van der Waals surface area contributed by atoms with Crippen molar-refractivity contribution >= 4 is 23.2 Å². The van der Waals surface area contributed by atoms with Crippen molar-refractivity contribution in [2.75, 3.05) is 23.9 Å². The summed E-state index contributed by atoms with van der Waals surface area (Å²) in [6, 6.07) is 3.68. The minimum absolute atomic E-state index is 0.452. The van der Waals surface area contributed by atoms with E-state index < -0.39 is 5.60 Å². The van der Waals surface area contributed by atoms with Gasteiger partial charge in [0.1, 0.15) is 5.82 Å². The summed E-state index contributed by atoms with van der Waals surface area (Å²) in [6.45, 7) is 4.10. The highest BCUT2D eigenvalue weighted by atomic mass is 32.2. The van der Waals surface area contributed by atoms with Crippen molar-refractivity contribution < 1.29 is 5.11 Å². The third kappa shape index (κ3) is 2.91. The van der Waals surface area contributed by atoms with Gasteiger partial charge in [-0.1, -0.05) is 0 Å². The molecule has 0 aliphatic carbocycles. The molecule has 2 aromatic rings. The SMILES string of the molecule is CSCC(C)(O)CNc1ccc2nnc(C)n2n1. The Hall–Kier alpha value is -1.34. The van der Waals surface area contributed by atoms with Gasteiger partial charge in [-0.05, 0) is 32.2 Å². The van der Waals surface area contributed by atoms with Crippen LogP contribution in [-0.2, 0) is 0 Å². The van der Waals surface area contributed by atoms with Crippen LogP contribution >= 0.6 is 11.8 Å². The van der Waals surface area contributed by atoms with Gasteiger partial charge in [0.05, 0.1) is 5.60 Å². The quantitative estimate of drug-likeness (QED) is 0.840. The highest BCUT2D eigenvalue weighted by Gasteiger charge is 2.19. The van der Waals surface area contributed by atoms with E-state index in [4.69, 9.17) is 0 Å². The first-order chi connectivity index (χ1) is 8.52. The van der Waals surface area contributed by atoms with E-state index >= 15 is 0 Å². The fraction of sp³-hybridized carbons (Fsp3) is 0.545. The first kappa shape index (κ1) is 13.1. The molecular weight excluding hydrogens is 250 g/mol. The molecule has 0 radical (unpaired) electrons. The molecule has 2 aromatic heterocycles. The third-order valence-electron chi connectivity index (χ3n) is 2.52. The van der Waals surface area contributed by atoms with Gasteiger partial charge in [0.25, 0.3) is 0 Å². The van der Waals surface area contributed by atoms with Crippen LogP contribution in [0.15, 0.2) is 12.1 Å². The van der Waals surface area contributed by atoms with Crippen molar-refractivity contribution in [2.45, 2.75) is 19.4 Å². The van der Waals surface area contributed by atoms with E-state index in [9.17, 15) is 5.11 Å². The Bertz CT molecular complexity index is 539. The van der Waals surface area contributed by atoms with Gasteiger partial charge in [0, 0.05) is 12.3 Å². The second kappa shape index (κ2) is 5.11. The minimum Gasteiger partial charge on any atom is -0.387 e. The number of hydrogen-bond donors (Lipinski definition) is 2. The predicted molar refractivity (Wildman–Crippen MR) is 73.0 cm³/mol. The van der Waals surface area contributed by atoms with Gasteiger partial charge in [-0.3, -0.25) is 0 Å². The van der Waals surface area contributed by atoms with E-state index in [0.717, 1.165) is 5.82 Å². The van der Waals surface area contributed by atoms with Crippen LogP contribution in [0.1, 0.15) is 12.7 Å². The van der Waals surface area contributed by atoms with Crippen molar-refractivity contribution in [1.29, 1.82) is 0 Å². The van der Waals surface area contributed by atoms with Crippen molar-refractivity contribution in [3.63, 3.8) is 0 Å². The Kier molecular flexibility index (Phi) is 3.72. The maximum Gasteiger partial charge on any atom is 0.178 e. The molecule has 0 aliphatic heterocycles. The van der Waals surface area contributed by atoms with E-state index in [-0.39, 0.29) is 0 Å². The van der Waals surface area contributed by atoms with Crippen LogP contribution in [0.3, 0.4) is 0 Å². The van der Waals surface area contributed by atoms with E-state index in [1.807, 2.05) is 25.3 Å². The standard InChI is InChI=1S/C11H17N5OS/c1-8-13-14-10-5-4-9(15-16(8)10)12-6-11(2,17)7-18-3/h4-5,17H,6-7H2,1-3H3,(H,12,15). The molecule has 0 amide bonds. The van der Waals surface area contributed by atoms with Crippen molar-refractivity contribution in [1.82, 2.24) is 19.8 Å². The van der Waals surface area contributed by atoms with Gasteiger partial charge >= 0.3 is 0 Å². The van der Waals surface area contributed by atoms with E-state index in [0.29, 0.717) is 23.8 Å². The molecule has 2 rings (SSSR count). The maximum absolute atomic E-state index is 10.1. The molecule has 18 heavy (non-hydrogen) atoms. The summed E-state index contributed by atoms with van der Waals surface area (Å²) in [6.07, 6.45) is 1.97. The number of nitrogens with one attached hydrogen (secondary N) is 1. The van der Waals surface area contributed by atoms with Crippen LogP contribution in [0.4, 0.5) is 5.82 Å². The van der Waals surface area contributed by atoms with Crippen LogP contribution in [0.25, 0.3) is 5.65 Å². The maximum atomic E-state index is 10.1.